The Balaban J connectivity index is 1.62. The van der Waals surface area contributed by atoms with E-state index in [1.807, 2.05) is 39.9 Å². The van der Waals surface area contributed by atoms with Crippen molar-refractivity contribution in [1.82, 2.24) is 19.8 Å². The highest BCUT2D eigenvalue weighted by atomic mass is 19.1. The Morgan fingerprint density at radius 1 is 1.25 bits per heavy atom. The van der Waals surface area contributed by atoms with E-state index in [2.05, 4.69) is 10.3 Å². The number of nitrogens with zero attached hydrogens (tertiary/aromatic N) is 3. The van der Waals surface area contributed by atoms with E-state index in [9.17, 15) is 9.18 Å². The molecule has 0 bridgehead atoms. The molecule has 3 aromatic rings. The number of piperazine rings is 1. The third-order valence-electron chi connectivity index (χ3n) is 4.89. The van der Waals surface area contributed by atoms with Gasteiger partial charge in [0.05, 0.1) is 13.7 Å². The van der Waals surface area contributed by atoms with Crippen LogP contribution in [-0.4, -0.2) is 40.6 Å². The van der Waals surface area contributed by atoms with Crippen molar-refractivity contribution in [3.63, 3.8) is 0 Å². The smallest absolute Gasteiger partial charge is 0.242 e. The maximum Gasteiger partial charge on any atom is 0.242 e. The summed E-state index contributed by atoms with van der Waals surface area (Å²) in [5, 5.41) is 2.87. The number of benzene rings is 2. The first-order chi connectivity index (χ1) is 13.7. The van der Waals surface area contributed by atoms with Gasteiger partial charge in [0.2, 0.25) is 5.91 Å². The van der Waals surface area contributed by atoms with Gasteiger partial charge in [-0.15, -0.1) is 0 Å². The molecule has 0 aliphatic carbocycles. The van der Waals surface area contributed by atoms with Gasteiger partial charge in [0.25, 0.3) is 0 Å². The molecular formula is C21H21FN4O2. The molecule has 1 unspecified atom stereocenters. The Morgan fingerprint density at radius 3 is 2.82 bits per heavy atom. The summed E-state index contributed by atoms with van der Waals surface area (Å²) < 4.78 is 20.9. The van der Waals surface area contributed by atoms with Crippen molar-refractivity contribution in [2.24, 2.45) is 0 Å². The fraction of sp³-hybridized carbons (Fsp3) is 0.238. The zero-order chi connectivity index (χ0) is 19.5. The number of carbonyl (C=O) groups is 1. The molecule has 144 valence electrons. The van der Waals surface area contributed by atoms with Crippen LogP contribution < -0.4 is 10.1 Å². The SMILES string of the molecule is COc1ccc(-n2ccnc2CN2CCNC(=O)C2c2cccc(F)c2)cc1. The molecule has 7 heteroatoms. The fourth-order valence-electron chi connectivity index (χ4n) is 3.53. The van der Waals surface area contributed by atoms with Gasteiger partial charge in [0.1, 0.15) is 23.4 Å². The lowest BCUT2D eigenvalue weighted by Crippen LogP contribution is -2.49. The molecule has 4 rings (SSSR count). The molecule has 1 aromatic heterocycles. The van der Waals surface area contributed by atoms with Crippen molar-refractivity contribution in [1.29, 1.82) is 0 Å². The second-order valence-electron chi connectivity index (χ2n) is 6.63. The minimum atomic E-state index is -0.550. The van der Waals surface area contributed by atoms with Gasteiger partial charge in [-0.3, -0.25) is 9.69 Å². The van der Waals surface area contributed by atoms with E-state index < -0.39 is 6.04 Å². The number of aromatic nitrogens is 2. The summed E-state index contributed by atoms with van der Waals surface area (Å²) in [4.78, 5) is 19.1. The molecule has 1 saturated heterocycles. The van der Waals surface area contributed by atoms with Crippen molar-refractivity contribution in [2.75, 3.05) is 20.2 Å². The summed E-state index contributed by atoms with van der Waals surface area (Å²) in [6.07, 6.45) is 3.62. The lowest BCUT2D eigenvalue weighted by molar-refractivity contribution is -0.129. The number of halogens is 1. The predicted octanol–water partition coefficient (Wildman–Crippen LogP) is 2.69. The Morgan fingerprint density at radius 2 is 2.07 bits per heavy atom. The number of ether oxygens (including phenoxy) is 1. The van der Waals surface area contributed by atoms with Crippen LogP contribution in [0.4, 0.5) is 4.39 Å². The van der Waals surface area contributed by atoms with E-state index in [0.717, 1.165) is 17.3 Å². The van der Waals surface area contributed by atoms with Crippen LogP contribution >= 0.6 is 0 Å². The molecule has 1 aliphatic rings. The van der Waals surface area contributed by atoms with E-state index in [-0.39, 0.29) is 11.7 Å². The van der Waals surface area contributed by atoms with Crippen LogP contribution in [-0.2, 0) is 11.3 Å². The number of imidazole rings is 1. The van der Waals surface area contributed by atoms with Crippen molar-refractivity contribution in [3.05, 3.63) is 78.1 Å². The molecule has 0 spiro atoms. The number of rotatable bonds is 5. The highest BCUT2D eigenvalue weighted by Crippen LogP contribution is 2.26. The zero-order valence-electron chi connectivity index (χ0n) is 15.5. The Bertz CT molecular complexity index is 971. The average Bonchev–Trinajstić information content (AvgIpc) is 3.16. The summed E-state index contributed by atoms with van der Waals surface area (Å²) >= 11 is 0. The predicted molar refractivity (Wildman–Crippen MR) is 103 cm³/mol. The molecule has 2 heterocycles. The van der Waals surface area contributed by atoms with Gasteiger partial charge in [0.15, 0.2) is 0 Å². The second-order valence-corrected chi connectivity index (χ2v) is 6.63. The topological polar surface area (TPSA) is 59.4 Å². The van der Waals surface area contributed by atoms with Crippen LogP contribution in [0.15, 0.2) is 60.9 Å². The third kappa shape index (κ3) is 3.61. The third-order valence-corrected chi connectivity index (χ3v) is 4.89. The van der Waals surface area contributed by atoms with E-state index in [4.69, 9.17) is 4.74 Å². The first-order valence-corrected chi connectivity index (χ1v) is 9.09. The molecule has 1 N–H and O–H groups in total. The number of nitrogens with one attached hydrogen (secondary N) is 1. The number of carbonyl (C=O) groups excluding carboxylic acids is 1. The molecule has 2 aromatic carbocycles. The van der Waals surface area contributed by atoms with E-state index >= 15 is 0 Å². The van der Waals surface area contributed by atoms with Crippen LogP contribution in [0.2, 0.25) is 0 Å². The van der Waals surface area contributed by atoms with Crippen molar-refractivity contribution < 1.29 is 13.9 Å². The van der Waals surface area contributed by atoms with Crippen LogP contribution in [0.3, 0.4) is 0 Å². The Kier molecular flexibility index (Phi) is 5.08. The molecule has 0 radical (unpaired) electrons. The van der Waals surface area contributed by atoms with Crippen molar-refractivity contribution in [3.8, 4) is 11.4 Å². The monoisotopic (exact) mass is 380 g/mol. The quantitative estimate of drug-likeness (QED) is 0.739. The van der Waals surface area contributed by atoms with E-state index in [1.165, 1.54) is 12.1 Å². The zero-order valence-corrected chi connectivity index (χ0v) is 15.5. The number of hydrogen-bond donors (Lipinski definition) is 1. The molecule has 28 heavy (non-hydrogen) atoms. The van der Waals surface area contributed by atoms with E-state index in [0.29, 0.717) is 25.2 Å². The maximum absolute atomic E-state index is 13.7. The summed E-state index contributed by atoms with van der Waals surface area (Å²) in [6.45, 7) is 1.67. The minimum Gasteiger partial charge on any atom is -0.497 e. The highest BCUT2D eigenvalue weighted by molar-refractivity contribution is 5.83. The van der Waals surface area contributed by atoms with Crippen molar-refractivity contribution >= 4 is 5.91 Å². The lowest BCUT2D eigenvalue weighted by atomic mass is 10.0. The first-order valence-electron chi connectivity index (χ1n) is 9.09. The minimum absolute atomic E-state index is 0.126. The second kappa shape index (κ2) is 7.82. The summed E-state index contributed by atoms with van der Waals surface area (Å²) in [7, 11) is 1.63. The maximum atomic E-state index is 13.7. The van der Waals surface area contributed by atoms with Gasteiger partial charge in [-0.2, -0.15) is 0 Å². The largest absolute Gasteiger partial charge is 0.497 e. The molecular weight excluding hydrogens is 359 g/mol. The summed E-state index contributed by atoms with van der Waals surface area (Å²) in [5.74, 6) is 1.11. The normalized spacial score (nSPS) is 17.4. The van der Waals surface area contributed by atoms with Gasteiger partial charge in [-0.25, -0.2) is 9.37 Å². The highest BCUT2D eigenvalue weighted by Gasteiger charge is 2.32. The average molecular weight is 380 g/mol. The van der Waals surface area contributed by atoms with Gasteiger partial charge in [0, 0.05) is 31.2 Å². The molecule has 1 fully saturated rings. The van der Waals surface area contributed by atoms with Gasteiger partial charge in [-0.1, -0.05) is 12.1 Å². The molecule has 0 saturated carbocycles. The fourth-order valence-corrected chi connectivity index (χ4v) is 3.53. The lowest BCUT2D eigenvalue weighted by Gasteiger charge is -2.35. The molecule has 6 nitrogen and oxygen atoms in total. The standard InChI is InChI=1S/C21H21FN4O2/c1-28-18-7-5-17(6-8-18)26-12-10-23-19(26)14-25-11-9-24-21(27)20(25)15-3-2-4-16(22)13-15/h2-8,10,12-13,20H,9,11,14H2,1H3,(H,24,27). The number of methoxy groups -OCH3 is 1. The Labute approximate surface area is 162 Å². The van der Waals surface area contributed by atoms with Crippen LogP contribution in [0.1, 0.15) is 17.4 Å². The molecule has 1 amide bonds. The first kappa shape index (κ1) is 18.2. The van der Waals surface area contributed by atoms with Crippen LogP contribution in [0, 0.1) is 5.82 Å². The summed E-state index contributed by atoms with van der Waals surface area (Å²) in [5.41, 5.74) is 1.59. The Hall–Kier alpha value is -3.19. The summed E-state index contributed by atoms with van der Waals surface area (Å²) in [6, 6.07) is 13.3. The van der Waals surface area contributed by atoms with Crippen molar-refractivity contribution in [2.45, 2.75) is 12.6 Å². The van der Waals surface area contributed by atoms with Crippen LogP contribution in [0.25, 0.3) is 5.69 Å². The molecule has 1 aliphatic heterocycles. The molecule has 1 atom stereocenters. The van der Waals surface area contributed by atoms with E-state index in [1.54, 1.807) is 25.4 Å². The van der Waals surface area contributed by atoms with Crippen LogP contribution in [0.5, 0.6) is 5.75 Å². The van der Waals surface area contributed by atoms with Gasteiger partial charge in [-0.05, 0) is 42.0 Å². The number of hydrogen-bond acceptors (Lipinski definition) is 4. The number of amides is 1. The van der Waals surface area contributed by atoms with Gasteiger partial charge >= 0.3 is 0 Å². The van der Waals surface area contributed by atoms with Gasteiger partial charge < -0.3 is 14.6 Å².